The van der Waals surface area contributed by atoms with Crippen molar-refractivity contribution >= 4 is 45.3 Å². The molecule has 0 aliphatic carbocycles. The number of hydrogen-bond acceptors (Lipinski definition) is 4. The summed E-state index contributed by atoms with van der Waals surface area (Å²) in [5, 5.41) is 0. The highest BCUT2D eigenvalue weighted by atomic mass is 79.9. The number of hydrogen-bond donors (Lipinski definition) is 0. The molecule has 2 fully saturated rings. The lowest BCUT2D eigenvalue weighted by atomic mass is 9.79. The first-order valence-corrected chi connectivity index (χ1v) is 10.2. The van der Waals surface area contributed by atoms with Gasteiger partial charge < -0.3 is 4.90 Å². The number of carbonyl (C=O) groups is 3. The van der Waals surface area contributed by atoms with Gasteiger partial charge in [0.15, 0.2) is 5.78 Å². The third kappa shape index (κ3) is 2.61. The minimum atomic E-state index is -0.663. The summed E-state index contributed by atoms with van der Waals surface area (Å²) in [5.41, 5.74) is 1.24. The van der Waals surface area contributed by atoms with Crippen molar-refractivity contribution in [2.45, 2.75) is 32.9 Å². The Morgan fingerprint density at radius 3 is 2.54 bits per heavy atom. The molecular weight excluding hydrogens is 420 g/mol. The Balaban J connectivity index is 1.88. The summed E-state index contributed by atoms with van der Waals surface area (Å²) in [4.78, 5) is 43.0. The van der Waals surface area contributed by atoms with E-state index in [1.54, 1.807) is 6.08 Å². The van der Waals surface area contributed by atoms with Gasteiger partial charge in [-0.05, 0) is 23.8 Å². The van der Waals surface area contributed by atoms with Crippen molar-refractivity contribution < 1.29 is 14.4 Å². The van der Waals surface area contributed by atoms with Gasteiger partial charge in [0.2, 0.25) is 11.8 Å². The van der Waals surface area contributed by atoms with Crippen LogP contribution in [-0.2, 0) is 14.4 Å². The molecule has 0 spiro atoms. The van der Waals surface area contributed by atoms with Gasteiger partial charge >= 0.3 is 0 Å². The zero-order valence-electron chi connectivity index (χ0n) is 16.2. The Labute approximate surface area is 173 Å². The second-order valence-corrected chi connectivity index (χ2v) is 9.56. The molecule has 4 rings (SSSR count). The van der Waals surface area contributed by atoms with Gasteiger partial charge in [0, 0.05) is 22.1 Å². The molecule has 0 aromatic heterocycles. The number of halogens is 1. The summed E-state index contributed by atoms with van der Waals surface area (Å²) in [6.45, 7) is 9.43. The predicted octanol–water partition coefficient (Wildman–Crippen LogP) is 3.44. The number of nitrogens with zero attached hydrogens (tertiary/aromatic N) is 2. The first kappa shape index (κ1) is 19.1. The molecule has 0 unspecified atom stereocenters. The maximum atomic E-state index is 13.5. The molecule has 0 saturated carbocycles. The number of imide groups is 1. The van der Waals surface area contributed by atoms with Crippen molar-refractivity contribution in [1.29, 1.82) is 0 Å². The van der Waals surface area contributed by atoms with Crippen LogP contribution in [-0.4, -0.2) is 41.1 Å². The summed E-state index contributed by atoms with van der Waals surface area (Å²) in [5.74, 6) is -1.70. The second kappa shape index (κ2) is 6.41. The zero-order valence-corrected chi connectivity index (χ0v) is 17.8. The number of rotatable bonds is 3. The summed E-state index contributed by atoms with van der Waals surface area (Å²) in [6.07, 6.45) is 5.50. The minimum Gasteiger partial charge on any atom is -0.353 e. The lowest BCUT2D eigenvalue weighted by Gasteiger charge is -2.38. The van der Waals surface area contributed by atoms with Crippen molar-refractivity contribution in [2.75, 3.05) is 11.4 Å². The Morgan fingerprint density at radius 1 is 1.21 bits per heavy atom. The summed E-state index contributed by atoms with van der Waals surface area (Å²) >= 11 is 3.49. The smallest absolute Gasteiger partial charge is 0.236 e. The van der Waals surface area contributed by atoms with E-state index >= 15 is 0 Å². The Hall–Kier alpha value is -2.21. The van der Waals surface area contributed by atoms with Gasteiger partial charge in [-0.1, -0.05) is 54.9 Å². The molecule has 3 aliphatic heterocycles. The van der Waals surface area contributed by atoms with E-state index in [0.29, 0.717) is 0 Å². The molecule has 4 atom stereocenters. The predicted molar refractivity (Wildman–Crippen MR) is 112 cm³/mol. The van der Waals surface area contributed by atoms with Gasteiger partial charge in [-0.3, -0.25) is 19.3 Å². The molecule has 146 valence electrons. The SMILES string of the molecule is C=CCN1C(=O)[C@@H]2[C@H](C1=O)[C@@H](C(=O)C(C)(C)C)N1c3ccc(Br)cc3C=C[C@H]21. The molecular formula is C22H23BrN2O3. The lowest BCUT2D eigenvalue weighted by molar-refractivity contribution is -0.141. The van der Waals surface area contributed by atoms with E-state index in [9.17, 15) is 14.4 Å². The summed E-state index contributed by atoms with van der Waals surface area (Å²) < 4.78 is 0.941. The van der Waals surface area contributed by atoms with Gasteiger partial charge in [0.05, 0.1) is 17.9 Å². The molecule has 0 radical (unpaired) electrons. The van der Waals surface area contributed by atoms with Gasteiger partial charge in [-0.15, -0.1) is 6.58 Å². The van der Waals surface area contributed by atoms with Crippen molar-refractivity contribution in [3.05, 3.63) is 47.0 Å². The number of ketones is 1. The van der Waals surface area contributed by atoms with Gasteiger partial charge in [0.1, 0.15) is 6.04 Å². The van der Waals surface area contributed by atoms with E-state index in [4.69, 9.17) is 0 Å². The molecule has 2 saturated heterocycles. The molecule has 1 aromatic rings. The van der Waals surface area contributed by atoms with Gasteiger partial charge in [-0.25, -0.2) is 0 Å². The summed E-state index contributed by atoms with van der Waals surface area (Å²) in [6, 6.07) is 4.90. The number of Topliss-reactive ketones (excluding diaryl/α,β-unsaturated/α-hetero) is 1. The van der Waals surface area contributed by atoms with E-state index in [-0.39, 0.29) is 30.2 Å². The van der Waals surface area contributed by atoms with Crippen LogP contribution in [0.3, 0.4) is 0 Å². The van der Waals surface area contributed by atoms with Gasteiger partial charge in [-0.2, -0.15) is 0 Å². The molecule has 3 heterocycles. The van der Waals surface area contributed by atoms with Crippen molar-refractivity contribution in [3.8, 4) is 0 Å². The number of carbonyl (C=O) groups excluding carboxylic acids is 3. The van der Waals surface area contributed by atoms with Gasteiger partial charge in [0.25, 0.3) is 0 Å². The third-order valence-electron chi connectivity index (χ3n) is 5.88. The topological polar surface area (TPSA) is 57.7 Å². The Kier molecular flexibility index (Phi) is 4.38. The number of benzene rings is 1. The summed E-state index contributed by atoms with van der Waals surface area (Å²) in [7, 11) is 0. The molecule has 0 N–H and O–H groups in total. The molecule has 6 heteroatoms. The monoisotopic (exact) mass is 442 g/mol. The first-order chi connectivity index (χ1) is 13.2. The Morgan fingerprint density at radius 2 is 1.89 bits per heavy atom. The maximum Gasteiger partial charge on any atom is 0.236 e. The zero-order chi connectivity index (χ0) is 20.4. The number of amides is 2. The average Bonchev–Trinajstić information content (AvgIpc) is 3.09. The van der Waals surface area contributed by atoms with Crippen LogP contribution in [0.5, 0.6) is 0 Å². The van der Waals surface area contributed by atoms with E-state index in [2.05, 4.69) is 22.5 Å². The molecule has 0 bridgehead atoms. The molecule has 5 nitrogen and oxygen atoms in total. The number of fused-ring (bicyclic) bond motifs is 5. The highest BCUT2D eigenvalue weighted by Crippen LogP contribution is 2.50. The fourth-order valence-electron chi connectivity index (χ4n) is 4.66. The number of anilines is 1. The Bertz CT molecular complexity index is 930. The largest absolute Gasteiger partial charge is 0.353 e. The van der Waals surface area contributed by atoms with Crippen molar-refractivity contribution in [3.63, 3.8) is 0 Å². The van der Waals surface area contributed by atoms with Crippen molar-refractivity contribution in [2.24, 2.45) is 17.3 Å². The van der Waals surface area contributed by atoms with Crippen LogP contribution in [0.2, 0.25) is 0 Å². The fourth-order valence-corrected chi connectivity index (χ4v) is 5.04. The quantitative estimate of drug-likeness (QED) is 0.531. The van der Waals surface area contributed by atoms with Crippen LogP contribution >= 0.6 is 15.9 Å². The van der Waals surface area contributed by atoms with Crippen LogP contribution in [0.1, 0.15) is 26.3 Å². The van der Waals surface area contributed by atoms with Crippen LogP contribution in [0.25, 0.3) is 6.08 Å². The lowest BCUT2D eigenvalue weighted by Crippen LogP contribution is -2.51. The highest BCUT2D eigenvalue weighted by molar-refractivity contribution is 9.10. The van der Waals surface area contributed by atoms with Crippen LogP contribution < -0.4 is 4.90 Å². The fraction of sp³-hybridized carbons (Fsp3) is 0.409. The molecule has 3 aliphatic rings. The van der Waals surface area contributed by atoms with Crippen LogP contribution in [0, 0.1) is 17.3 Å². The van der Waals surface area contributed by atoms with Crippen LogP contribution in [0.15, 0.2) is 41.4 Å². The third-order valence-corrected chi connectivity index (χ3v) is 6.37. The minimum absolute atomic E-state index is 0.0178. The van der Waals surface area contributed by atoms with Crippen molar-refractivity contribution in [1.82, 2.24) is 4.90 Å². The second-order valence-electron chi connectivity index (χ2n) is 8.65. The first-order valence-electron chi connectivity index (χ1n) is 9.43. The van der Waals surface area contributed by atoms with Crippen LogP contribution in [0.4, 0.5) is 5.69 Å². The average molecular weight is 443 g/mol. The molecule has 2 amide bonds. The van der Waals surface area contributed by atoms with E-state index in [0.717, 1.165) is 15.7 Å². The normalized spacial score (nSPS) is 28.3. The van der Waals surface area contributed by atoms with E-state index < -0.39 is 23.3 Å². The standard InChI is InChI=1S/C22H23BrN2O3/c1-5-10-24-20(27)16-15-8-6-12-11-13(23)7-9-14(12)25(15)18(17(16)21(24)28)19(26)22(2,3)4/h5-9,11,15-18H,1,10H2,2-4H3/t15-,16+,17+,18+/m1/s1. The maximum absolute atomic E-state index is 13.5. The van der Waals surface area contributed by atoms with E-state index in [1.807, 2.05) is 56.0 Å². The molecule has 28 heavy (non-hydrogen) atoms. The number of likely N-dealkylation sites (tertiary alicyclic amines) is 1. The molecule has 1 aromatic carbocycles. The highest BCUT2D eigenvalue weighted by Gasteiger charge is 2.64. The van der Waals surface area contributed by atoms with E-state index in [1.165, 1.54) is 4.90 Å².